The Kier molecular flexibility index (Phi) is 5.29. The lowest BCUT2D eigenvalue weighted by molar-refractivity contribution is -0.118. The molecule has 0 aliphatic carbocycles. The van der Waals surface area contributed by atoms with Crippen molar-refractivity contribution >= 4 is 11.8 Å². The number of nitrogens with one attached hydrogen (secondary N) is 2. The maximum atomic E-state index is 11.1. The van der Waals surface area contributed by atoms with Crippen LogP contribution in [0.15, 0.2) is 0 Å². The van der Waals surface area contributed by atoms with E-state index in [0.29, 0.717) is 18.6 Å². The molecule has 0 aromatic carbocycles. The van der Waals surface area contributed by atoms with Crippen LogP contribution in [0.5, 0.6) is 0 Å². The summed E-state index contributed by atoms with van der Waals surface area (Å²) in [5, 5.41) is 5.73. The van der Waals surface area contributed by atoms with Gasteiger partial charge in [-0.2, -0.15) is 0 Å². The molecule has 2 amide bonds. The number of hydrogen-bond acceptors (Lipinski definition) is 2. The van der Waals surface area contributed by atoms with Gasteiger partial charge in [-0.1, -0.05) is 19.8 Å². The molecule has 2 atom stereocenters. The molecule has 0 bridgehead atoms. The average molecular weight is 226 g/mol. The van der Waals surface area contributed by atoms with Crippen LogP contribution in [-0.4, -0.2) is 23.9 Å². The van der Waals surface area contributed by atoms with Gasteiger partial charge in [-0.05, 0) is 19.8 Å². The van der Waals surface area contributed by atoms with E-state index in [4.69, 9.17) is 0 Å². The molecule has 1 saturated heterocycles. The molecule has 1 rings (SSSR count). The molecule has 1 heterocycles. The molecule has 4 nitrogen and oxygen atoms in total. The third kappa shape index (κ3) is 4.21. The van der Waals surface area contributed by atoms with Gasteiger partial charge in [0.15, 0.2) is 0 Å². The maximum Gasteiger partial charge on any atom is 0.315 e. The van der Waals surface area contributed by atoms with Crippen molar-refractivity contribution in [3.63, 3.8) is 0 Å². The van der Waals surface area contributed by atoms with Gasteiger partial charge in [0.05, 0.1) is 6.04 Å². The molecule has 1 fully saturated rings. The first kappa shape index (κ1) is 13.0. The number of rotatable bonds is 7. The molecule has 4 heteroatoms. The van der Waals surface area contributed by atoms with Crippen molar-refractivity contribution < 1.29 is 9.59 Å². The van der Waals surface area contributed by atoms with E-state index in [2.05, 4.69) is 10.6 Å². The Morgan fingerprint density at radius 1 is 1.25 bits per heavy atom. The molecule has 1 aliphatic rings. The largest absolute Gasteiger partial charge is 0.334 e. The monoisotopic (exact) mass is 226 g/mol. The standard InChI is InChI=1S/C12H22N2O2/c1-3-10(15)7-5-4-6-8-11-9(2)13-12(16)14-11/h9,11H,3-8H2,1-2H3,(H2,13,14,16)/t9-,11+/m0/s1. The minimum Gasteiger partial charge on any atom is -0.334 e. The SMILES string of the molecule is CCC(=O)CCCCC[C@H]1NC(=O)N[C@H]1C. The summed E-state index contributed by atoms with van der Waals surface area (Å²) in [6, 6.07) is 0.429. The summed E-state index contributed by atoms with van der Waals surface area (Å²) in [7, 11) is 0. The normalized spacial score (nSPS) is 24.0. The summed E-state index contributed by atoms with van der Waals surface area (Å²) in [4.78, 5) is 22.1. The number of ketones is 1. The molecule has 0 unspecified atom stereocenters. The Bertz CT molecular complexity index is 253. The van der Waals surface area contributed by atoms with Gasteiger partial charge >= 0.3 is 6.03 Å². The summed E-state index contributed by atoms with van der Waals surface area (Å²) in [6.45, 7) is 3.92. The van der Waals surface area contributed by atoms with Crippen molar-refractivity contribution in [1.82, 2.24) is 10.6 Å². The van der Waals surface area contributed by atoms with Crippen molar-refractivity contribution in [1.29, 1.82) is 0 Å². The van der Waals surface area contributed by atoms with Gasteiger partial charge < -0.3 is 10.6 Å². The quantitative estimate of drug-likeness (QED) is 0.652. The average Bonchev–Trinajstić information content (AvgIpc) is 2.56. The number of carbonyl (C=O) groups excluding carboxylic acids is 2. The highest BCUT2D eigenvalue weighted by Crippen LogP contribution is 2.11. The fourth-order valence-corrected chi connectivity index (χ4v) is 2.00. The molecular weight excluding hydrogens is 204 g/mol. The first-order valence-electron chi connectivity index (χ1n) is 6.22. The van der Waals surface area contributed by atoms with Crippen molar-refractivity contribution in [3.05, 3.63) is 0 Å². The highest BCUT2D eigenvalue weighted by Gasteiger charge is 2.26. The van der Waals surface area contributed by atoms with E-state index in [0.717, 1.165) is 25.7 Å². The molecule has 0 aromatic rings. The lowest BCUT2D eigenvalue weighted by Gasteiger charge is -2.13. The van der Waals surface area contributed by atoms with Crippen molar-refractivity contribution in [2.75, 3.05) is 0 Å². The van der Waals surface area contributed by atoms with Gasteiger partial charge in [0.25, 0.3) is 0 Å². The predicted octanol–water partition coefficient (Wildman–Crippen LogP) is 1.99. The summed E-state index contributed by atoms with van der Waals surface area (Å²) >= 11 is 0. The Labute approximate surface area is 97.2 Å². The van der Waals surface area contributed by atoms with Gasteiger partial charge in [0.2, 0.25) is 0 Å². The zero-order valence-electron chi connectivity index (χ0n) is 10.2. The predicted molar refractivity (Wildman–Crippen MR) is 63.3 cm³/mol. The van der Waals surface area contributed by atoms with Gasteiger partial charge in [0.1, 0.15) is 5.78 Å². The van der Waals surface area contributed by atoms with Crippen LogP contribution in [0.2, 0.25) is 0 Å². The van der Waals surface area contributed by atoms with Crippen molar-refractivity contribution in [3.8, 4) is 0 Å². The number of Topliss-reactive ketones (excluding diaryl/α,β-unsaturated/α-hetero) is 1. The second-order valence-corrected chi connectivity index (χ2v) is 4.50. The van der Waals surface area contributed by atoms with E-state index in [1.807, 2.05) is 13.8 Å². The van der Waals surface area contributed by atoms with Crippen molar-refractivity contribution in [2.24, 2.45) is 0 Å². The van der Waals surface area contributed by atoms with E-state index >= 15 is 0 Å². The third-order valence-electron chi connectivity index (χ3n) is 3.14. The third-order valence-corrected chi connectivity index (χ3v) is 3.14. The second-order valence-electron chi connectivity index (χ2n) is 4.50. The number of urea groups is 1. The van der Waals surface area contributed by atoms with Gasteiger partial charge in [0, 0.05) is 18.9 Å². The molecule has 92 valence electrons. The fraction of sp³-hybridized carbons (Fsp3) is 0.833. The molecule has 0 saturated carbocycles. The molecule has 16 heavy (non-hydrogen) atoms. The van der Waals surface area contributed by atoms with E-state index in [1.165, 1.54) is 0 Å². The summed E-state index contributed by atoms with van der Waals surface area (Å²) < 4.78 is 0. The number of unbranched alkanes of at least 4 members (excludes halogenated alkanes) is 2. The lowest BCUT2D eigenvalue weighted by Crippen LogP contribution is -2.30. The van der Waals surface area contributed by atoms with E-state index in [9.17, 15) is 9.59 Å². The summed E-state index contributed by atoms with van der Waals surface area (Å²) in [5.74, 6) is 0.351. The molecule has 0 spiro atoms. The Hall–Kier alpha value is -1.06. The first-order chi connectivity index (χ1) is 7.63. The van der Waals surface area contributed by atoms with Crippen LogP contribution < -0.4 is 10.6 Å². The zero-order chi connectivity index (χ0) is 12.0. The smallest absolute Gasteiger partial charge is 0.315 e. The van der Waals surface area contributed by atoms with Crippen LogP contribution in [0.4, 0.5) is 4.79 Å². The fourth-order valence-electron chi connectivity index (χ4n) is 2.00. The molecule has 1 aliphatic heterocycles. The maximum absolute atomic E-state index is 11.1. The summed E-state index contributed by atoms with van der Waals surface area (Å²) in [6.07, 6.45) is 5.50. The van der Waals surface area contributed by atoms with Gasteiger partial charge in [-0.15, -0.1) is 0 Å². The molecule has 0 aromatic heterocycles. The van der Waals surface area contributed by atoms with Crippen LogP contribution >= 0.6 is 0 Å². The molecule has 2 N–H and O–H groups in total. The highest BCUT2D eigenvalue weighted by atomic mass is 16.2. The number of hydrogen-bond donors (Lipinski definition) is 2. The zero-order valence-corrected chi connectivity index (χ0v) is 10.2. The minimum absolute atomic E-state index is 0.0568. The van der Waals surface area contributed by atoms with Gasteiger partial charge in [-0.3, -0.25) is 4.79 Å². The molecule has 0 radical (unpaired) electrons. The van der Waals surface area contributed by atoms with Crippen LogP contribution in [-0.2, 0) is 4.79 Å². The molecular formula is C12H22N2O2. The Morgan fingerprint density at radius 3 is 2.56 bits per heavy atom. The van der Waals surface area contributed by atoms with Crippen LogP contribution in [0, 0.1) is 0 Å². The van der Waals surface area contributed by atoms with Crippen LogP contribution in [0.1, 0.15) is 52.4 Å². The number of carbonyl (C=O) groups is 2. The second kappa shape index (κ2) is 6.51. The first-order valence-corrected chi connectivity index (χ1v) is 6.22. The minimum atomic E-state index is -0.0568. The summed E-state index contributed by atoms with van der Waals surface area (Å²) in [5.41, 5.74) is 0. The Morgan fingerprint density at radius 2 is 2.00 bits per heavy atom. The number of amides is 2. The van der Waals surface area contributed by atoms with Crippen LogP contribution in [0.25, 0.3) is 0 Å². The highest BCUT2D eigenvalue weighted by molar-refractivity contribution is 5.78. The lowest BCUT2D eigenvalue weighted by atomic mass is 10.0. The van der Waals surface area contributed by atoms with Crippen molar-refractivity contribution in [2.45, 2.75) is 64.5 Å². The van der Waals surface area contributed by atoms with E-state index in [-0.39, 0.29) is 18.1 Å². The van der Waals surface area contributed by atoms with E-state index < -0.39 is 0 Å². The van der Waals surface area contributed by atoms with Gasteiger partial charge in [-0.25, -0.2) is 4.79 Å². The van der Waals surface area contributed by atoms with E-state index in [1.54, 1.807) is 0 Å². The Balaban J connectivity index is 2.03. The topological polar surface area (TPSA) is 58.2 Å². The van der Waals surface area contributed by atoms with Crippen LogP contribution in [0.3, 0.4) is 0 Å².